The number of phenolic OH excluding ortho intramolecular Hbond substituents is 1. The number of hydrogen-bond acceptors (Lipinski definition) is 6. The Hall–Kier alpha value is -4.46. The maximum Gasteiger partial charge on any atom is 0.250 e. The minimum absolute atomic E-state index is 0.0130. The molecular weight excluding hydrogens is 496 g/mol. The van der Waals surface area contributed by atoms with E-state index in [0.717, 1.165) is 16.7 Å². The summed E-state index contributed by atoms with van der Waals surface area (Å²) in [5.41, 5.74) is 3.40. The van der Waals surface area contributed by atoms with Gasteiger partial charge in [-0.1, -0.05) is 42.5 Å². The molecule has 0 radical (unpaired) electrons. The standard InChI is InChI=1S/C31H30N2O6/c1-19(34)32-17-26-29(22-14-27(37-2)30-28(15-22)38-18-39-30)25(13-21-8-10-24(35)11-9-21)31(36)33(26)16-23(32)12-20-6-4-3-5-7-20/h3-11,13-15,23,26,29,35H,12,16-18H2,1-2H3/b25-13+/t23-,26+,29-/m0/s1. The van der Waals surface area contributed by atoms with Crippen LogP contribution in [0.4, 0.5) is 0 Å². The molecule has 6 rings (SSSR count). The van der Waals surface area contributed by atoms with E-state index in [0.29, 0.717) is 42.3 Å². The average molecular weight is 527 g/mol. The van der Waals surface area contributed by atoms with Crippen molar-refractivity contribution < 1.29 is 28.9 Å². The van der Waals surface area contributed by atoms with Crippen LogP contribution < -0.4 is 14.2 Å². The zero-order chi connectivity index (χ0) is 27.1. The molecule has 3 aliphatic rings. The predicted octanol–water partition coefficient (Wildman–Crippen LogP) is 3.98. The highest BCUT2D eigenvalue weighted by Gasteiger charge is 2.50. The molecule has 1 N–H and O–H groups in total. The first kappa shape index (κ1) is 24.9. The molecule has 0 aromatic heterocycles. The molecule has 200 valence electrons. The van der Waals surface area contributed by atoms with Crippen LogP contribution in [0.15, 0.2) is 72.3 Å². The molecule has 0 saturated carbocycles. The third-order valence-corrected chi connectivity index (χ3v) is 7.83. The number of hydrogen-bond donors (Lipinski definition) is 1. The van der Waals surface area contributed by atoms with Crippen LogP contribution in [0.25, 0.3) is 6.08 Å². The van der Waals surface area contributed by atoms with Crippen LogP contribution in [0, 0.1) is 0 Å². The van der Waals surface area contributed by atoms with Gasteiger partial charge in [-0.15, -0.1) is 0 Å². The lowest BCUT2D eigenvalue weighted by Crippen LogP contribution is -2.59. The molecule has 2 amide bonds. The summed E-state index contributed by atoms with van der Waals surface area (Å²) < 4.78 is 16.9. The SMILES string of the molecule is COc1cc([C@H]2/C(=C\c3ccc(O)cc3)C(=O)N3C[C@H](Cc4ccccc4)N(C(C)=O)C[C@H]23)cc2c1OCO2. The molecule has 8 heteroatoms. The van der Waals surface area contributed by atoms with Gasteiger partial charge in [0, 0.05) is 31.5 Å². The van der Waals surface area contributed by atoms with E-state index in [-0.39, 0.29) is 42.4 Å². The van der Waals surface area contributed by atoms with E-state index in [9.17, 15) is 14.7 Å². The largest absolute Gasteiger partial charge is 0.508 e. The van der Waals surface area contributed by atoms with E-state index >= 15 is 0 Å². The molecule has 0 aliphatic carbocycles. The van der Waals surface area contributed by atoms with Crippen LogP contribution in [0.5, 0.6) is 23.0 Å². The maximum atomic E-state index is 14.1. The molecule has 3 atom stereocenters. The molecular formula is C31H30N2O6. The number of ether oxygens (including phenoxy) is 3. The topological polar surface area (TPSA) is 88.5 Å². The minimum Gasteiger partial charge on any atom is -0.508 e. The minimum atomic E-state index is -0.339. The first-order chi connectivity index (χ1) is 18.9. The Morgan fingerprint density at radius 2 is 1.85 bits per heavy atom. The maximum absolute atomic E-state index is 14.1. The van der Waals surface area contributed by atoms with Gasteiger partial charge in [0.1, 0.15) is 5.75 Å². The summed E-state index contributed by atoms with van der Waals surface area (Å²) in [6.45, 7) is 2.54. The van der Waals surface area contributed by atoms with E-state index in [2.05, 4.69) is 0 Å². The number of benzene rings is 3. The smallest absolute Gasteiger partial charge is 0.250 e. The van der Waals surface area contributed by atoms with Gasteiger partial charge in [0.15, 0.2) is 11.5 Å². The quantitative estimate of drug-likeness (QED) is 0.506. The second kappa shape index (κ2) is 10.0. The predicted molar refractivity (Wildman–Crippen MR) is 145 cm³/mol. The summed E-state index contributed by atoms with van der Waals surface area (Å²) in [6, 6.07) is 20.2. The van der Waals surface area contributed by atoms with Crippen molar-refractivity contribution in [2.24, 2.45) is 0 Å². The number of piperazine rings is 1. The van der Waals surface area contributed by atoms with Crippen molar-refractivity contribution in [3.63, 3.8) is 0 Å². The van der Waals surface area contributed by atoms with Gasteiger partial charge in [-0.05, 0) is 53.5 Å². The third-order valence-electron chi connectivity index (χ3n) is 7.83. The lowest BCUT2D eigenvalue weighted by Gasteiger charge is -2.44. The number of amides is 2. The average Bonchev–Trinajstić information content (AvgIpc) is 3.52. The Balaban J connectivity index is 1.44. The van der Waals surface area contributed by atoms with Gasteiger partial charge in [0.25, 0.3) is 5.91 Å². The van der Waals surface area contributed by atoms with E-state index in [1.807, 2.05) is 58.3 Å². The number of carbonyl (C=O) groups is 2. The zero-order valence-electron chi connectivity index (χ0n) is 21.9. The molecule has 3 aliphatic heterocycles. The van der Waals surface area contributed by atoms with E-state index < -0.39 is 0 Å². The number of fused-ring (bicyclic) bond motifs is 2. The Morgan fingerprint density at radius 3 is 2.56 bits per heavy atom. The van der Waals surface area contributed by atoms with Crippen LogP contribution in [-0.4, -0.2) is 65.8 Å². The van der Waals surface area contributed by atoms with Gasteiger partial charge in [0.05, 0.1) is 19.2 Å². The van der Waals surface area contributed by atoms with Crippen molar-refractivity contribution in [2.75, 3.05) is 27.0 Å². The fourth-order valence-corrected chi connectivity index (χ4v) is 6.01. The van der Waals surface area contributed by atoms with Crippen molar-refractivity contribution in [1.29, 1.82) is 0 Å². The van der Waals surface area contributed by atoms with Gasteiger partial charge in [-0.2, -0.15) is 0 Å². The Morgan fingerprint density at radius 1 is 1.08 bits per heavy atom. The zero-order valence-corrected chi connectivity index (χ0v) is 21.9. The van der Waals surface area contributed by atoms with Gasteiger partial charge in [0.2, 0.25) is 18.4 Å². The van der Waals surface area contributed by atoms with Gasteiger partial charge < -0.3 is 29.1 Å². The monoisotopic (exact) mass is 526 g/mol. The van der Waals surface area contributed by atoms with Crippen LogP contribution >= 0.6 is 0 Å². The Kier molecular flexibility index (Phi) is 6.38. The second-order valence-corrected chi connectivity index (χ2v) is 10.2. The number of nitrogens with zero attached hydrogens (tertiary/aromatic N) is 2. The molecule has 3 heterocycles. The highest BCUT2D eigenvalue weighted by atomic mass is 16.7. The summed E-state index contributed by atoms with van der Waals surface area (Å²) in [5, 5.41) is 9.77. The van der Waals surface area contributed by atoms with Gasteiger partial charge >= 0.3 is 0 Å². The molecule has 8 nitrogen and oxygen atoms in total. The Bertz CT molecular complexity index is 1440. The number of rotatable bonds is 5. The van der Waals surface area contributed by atoms with Crippen LogP contribution in [0.3, 0.4) is 0 Å². The summed E-state index contributed by atoms with van der Waals surface area (Å²) in [5.74, 6) is 1.40. The van der Waals surface area contributed by atoms with Gasteiger partial charge in [-0.3, -0.25) is 9.59 Å². The summed E-state index contributed by atoms with van der Waals surface area (Å²) >= 11 is 0. The molecule has 2 fully saturated rings. The lowest BCUT2D eigenvalue weighted by atomic mass is 9.85. The second-order valence-electron chi connectivity index (χ2n) is 10.2. The third kappa shape index (κ3) is 4.56. The molecule has 3 aromatic carbocycles. The number of phenols is 1. The summed E-state index contributed by atoms with van der Waals surface area (Å²) in [6.07, 6.45) is 2.54. The summed E-state index contributed by atoms with van der Waals surface area (Å²) in [4.78, 5) is 30.8. The number of carbonyl (C=O) groups excluding carboxylic acids is 2. The first-order valence-corrected chi connectivity index (χ1v) is 13.0. The fraction of sp³-hybridized carbons (Fsp3) is 0.290. The van der Waals surface area contributed by atoms with E-state index in [1.165, 1.54) is 0 Å². The highest BCUT2D eigenvalue weighted by molar-refractivity contribution is 6.03. The van der Waals surface area contributed by atoms with Crippen molar-refractivity contribution in [1.82, 2.24) is 9.80 Å². The van der Waals surface area contributed by atoms with E-state index in [4.69, 9.17) is 14.2 Å². The first-order valence-electron chi connectivity index (χ1n) is 13.0. The van der Waals surface area contributed by atoms with Crippen molar-refractivity contribution in [3.8, 4) is 23.0 Å². The van der Waals surface area contributed by atoms with Crippen molar-refractivity contribution in [2.45, 2.75) is 31.3 Å². The normalized spacial score (nSPS) is 22.8. The lowest BCUT2D eigenvalue weighted by molar-refractivity contribution is -0.140. The van der Waals surface area contributed by atoms with Gasteiger partial charge in [-0.25, -0.2) is 0 Å². The van der Waals surface area contributed by atoms with Crippen LogP contribution in [0.1, 0.15) is 29.5 Å². The Labute approximate surface area is 227 Å². The number of methoxy groups -OCH3 is 1. The number of aromatic hydroxyl groups is 1. The molecule has 2 saturated heterocycles. The molecule has 0 unspecified atom stereocenters. The molecule has 0 spiro atoms. The van der Waals surface area contributed by atoms with Crippen molar-refractivity contribution in [3.05, 3.63) is 89.0 Å². The van der Waals surface area contributed by atoms with Crippen LogP contribution in [-0.2, 0) is 16.0 Å². The summed E-state index contributed by atoms with van der Waals surface area (Å²) in [7, 11) is 1.58. The van der Waals surface area contributed by atoms with E-state index in [1.54, 1.807) is 38.3 Å². The molecule has 39 heavy (non-hydrogen) atoms. The highest BCUT2D eigenvalue weighted by Crippen LogP contribution is 2.48. The van der Waals surface area contributed by atoms with Crippen molar-refractivity contribution >= 4 is 17.9 Å². The fourth-order valence-electron chi connectivity index (χ4n) is 6.01. The molecule has 3 aromatic rings. The van der Waals surface area contributed by atoms with Crippen LogP contribution in [0.2, 0.25) is 0 Å². The molecule has 0 bridgehead atoms.